The number of ether oxygens (including phenoxy) is 1. The van der Waals surface area contributed by atoms with Crippen molar-refractivity contribution in [2.75, 3.05) is 6.54 Å². The van der Waals surface area contributed by atoms with Gasteiger partial charge in [-0.25, -0.2) is 0 Å². The van der Waals surface area contributed by atoms with Crippen LogP contribution in [0.25, 0.3) is 0 Å². The van der Waals surface area contributed by atoms with E-state index in [2.05, 4.69) is 37.4 Å². The zero-order chi connectivity index (χ0) is 33.1. The summed E-state index contributed by atoms with van der Waals surface area (Å²) in [6, 6.07) is 0. The summed E-state index contributed by atoms with van der Waals surface area (Å²) in [6.45, 7) is 4.15. The Morgan fingerprint density at radius 2 is 1.09 bits per heavy atom. The number of carboxylic acids is 1. The van der Waals surface area contributed by atoms with E-state index in [1.54, 1.807) is 0 Å². The number of aliphatic carboxylic acids is 1. The van der Waals surface area contributed by atoms with Crippen molar-refractivity contribution >= 4 is 17.8 Å². The maximum atomic E-state index is 12.6. The molecule has 0 radical (unpaired) electrons. The molecule has 0 aliphatic heterocycles. The molecule has 0 aromatic carbocycles. The van der Waals surface area contributed by atoms with Gasteiger partial charge in [-0.3, -0.25) is 14.4 Å². The Hall–Kier alpha value is -2.11. The summed E-state index contributed by atoms with van der Waals surface area (Å²) >= 11 is 0. The number of allylic oxidation sites excluding steroid dienone is 3. The van der Waals surface area contributed by atoms with Gasteiger partial charge in [0.05, 0.1) is 0 Å². The highest BCUT2D eigenvalue weighted by molar-refractivity contribution is 5.80. The number of hydrogen-bond donors (Lipinski definition) is 2. The highest BCUT2D eigenvalue weighted by atomic mass is 16.5. The van der Waals surface area contributed by atoms with Crippen molar-refractivity contribution in [2.45, 2.75) is 200 Å². The van der Waals surface area contributed by atoms with Gasteiger partial charge >= 0.3 is 11.9 Å². The highest BCUT2D eigenvalue weighted by Crippen LogP contribution is 2.16. The van der Waals surface area contributed by atoms with E-state index in [9.17, 15) is 14.4 Å². The molecule has 0 aromatic heterocycles. The maximum Gasteiger partial charge on any atom is 0.322 e. The smallest absolute Gasteiger partial charge is 0.322 e. The van der Waals surface area contributed by atoms with Crippen LogP contribution in [0.1, 0.15) is 194 Å². The van der Waals surface area contributed by atoms with Gasteiger partial charge < -0.3 is 15.2 Å². The molecule has 0 fully saturated rings. The summed E-state index contributed by atoms with van der Waals surface area (Å²) in [5.41, 5.74) is 0. The molecule has 1 amide bonds. The molecule has 2 N–H and O–H groups in total. The molecule has 1 atom stereocenters. The lowest BCUT2D eigenvalue weighted by Gasteiger charge is -2.14. The molecule has 6 nitrogen and oxygen atoms in total. The summed E-state index contributed by atoms with van der Waals surface area (Å²) in [6.07, 6.45) is 40.4. The minimum Gasteiger partial charge on any atom is -0.480 e. The van der Waals surface area contributed by atoms with Crippen LogP contribution in [0.2, 0.25) is 0 Å². The van der Waals surface area contributed by atoms with Crippen molar-refractivity contribution in [3.63, 3.8) is 0 Å². The second-order valence-electron chi connectivity index (χ2n) is 12.8. The summed E-state index contributed by atoms with van der Waals surface area (Å²) in [5.74, 6) is -1.35. The van der Waals surface area contributed by atoms with E-state index in [0.717, 1.165) is 57.8 Å². The van der Waals surface area contributed by atoms with Crippen molar-refractivity contribution in [1.82, 2.24) is 5.32 Å². The van der Waals surface area contributed by atoms with Gasteiger partial charge in [0.2, 0.25) is 5.91 Å². The van der Waals surface area contributed by atoms with Crippen LogP contribution in [0.5, 0.6) is 0 Å². The SMILES string of the molecule is CCCC/C=C\C/C=C\C(CCCCCCC(=O)NCC(=O)O)OC(=O)CCCCCCCCCCCCCCCCCCC. The van der Waals surface area contributed by atoms with Crippen LogP contribution in [0, 0.1) is 0 Å². The lowest BCUT2D eigenvalue weighted by Crippen LogP contribution is -2.28. The van der Waals surface area contributed by atoms with Gasteiger partial charge in [0.25, 0.3) is 0 Å². The van der Waals surface area contributed by atoms with E-state index in [4.69, 9.17) is 9.84 Å². The van der Waals surface area contributed by atoms with E-state index in [0.29, 0.717) is 12.8 Å². The molecular formula is C39H71NO5. The quantitative estimate of drug-likeness (QED) is 0.0418. The Kier molecular flexibility index (Phi) is 33.1. The lowest BCUT2D eigenvalue weighted by atomic mass is 10.0. The van der Waals surface area contributed by atoms with Crippen LogP contribution in [0.3, 0.4) is 0 Å². The largest absolute Gasteiger partial charge is 0.480 e. The monoisotopic (exact) mass is 634 g/mol. The number of carbonyl (C=O) groups excluding carboxylic acids is 2. The van der Waals surface area contributed by atoms with Crippen LogP contribution >= 0.6 is 0 Å². The van der Waals surface area contributed by atoms with Gasteiger partial charge in [0, 0.05) is 12.8 Å². The number of rotatable bonds is 34. The molecule has 0 aliphatic carbocycles. The molecule has 6 heteroatoms. The molecule has 45 heavy (non-hydrogen) atoms. The molecule has 0 rings (SSSR count). The first-order valence-corrected chi connectivity index (χ1v) is 19.0. The lowest BCUT2D eigenvalue weighted by molar-refractivity contribution is -0.147. The molecule has 0 saturated carbocycles. The molecule has 0 bridgehead atoms. The Morgan fingerprint density at radius 3 is 1.62 bits per heavy atom. The van der Waals surface area contributed by atoms with E-state index < -0.39 is 5.97 Å². The number of hydrogen-bond acceptors (Lipinski definition) is 4. The van der Waals surface area contributed by atoms with Crippen LogP contribution in [0.15, 0.2) is 24.3 Å². The van der Waals surface area contributed by atoms with Crippen molar-refractivity contribution in [1.29, 1.82) is 0 Å². The van der Waals surface area contributed by atoms with E-state index in [1.807, 2.05) is 6.08 Å². The van der Waals surface area contributed by atoms with E-state index >= 15 is 0 Å². The summed E-state index contributed by atoms with van der Waals surface area (Å²) in [7, 11) is 0. The molecular weight excluding hydrogens is 562 g/mol. The average molecular weight is 634 g/mol. The minimum absolute atomic E-state index is 0.0980. The van der Waals surface area contributed by atoms with Crippen LogP contribution < -0.4 is 5.32 Å². The number of carboxylic acid groups (broad SMARTS) is 1. The van der Waals surface area contributed by atoms with Gasteiger partial charge in [-0.15, -0.1) is 0 Å². The maximum absolute atomic E-state index is 12.6. The fraction of sp³-hybridized carbons (Fsp3) is 0.821. The topological polar surface area (TPSA) is 92.7 Å². The van der Waals surface area contributed by atoms with Gasteiger partial charge in [0.15, 0.2) is 0 Å². The number of unbranched alkanes of at least 4 members (excludes halogenated alkanes) is 21. The fourth-order valence-corrected chi connectivity index (χ4v) is 5.51. The zero-order valence-electron chi connectivity index (χ0n) is 29.5. The predicted octanol–water partition coefficient (Wildman–Crippen LogP) is 11.2. The van der Waals surface area contributed by atoms with Crippen molar-refractivity contribution in [3.05, 3.63) is 24.3 Å². The number of carbonyl (C=O) groups is 3. The van der Waals surface area contributed by atoms with E-state index in [1.165, 1.54) is 109 Å². The Balaban J connectivity index is 4.03. The third kappa shape index (κ3) is 34.6. The Bertz CT molecular complexity index is 748. The van der Waals surface area contributed by atoms with Crippen LogP contribution in [-0.2, 0) is 19.1 Å². The molecule has 0 spiro atoms. The Morgan fingerprint density at radius 1 is 0.600 bits per heavy atom. The highest BCUT2D eigenvalue weighted by Gasteiger charge is 2.12. The van der Waals surface area contributed by atoms with Gasteiger partial charge in [-0.1, -0.05) is 160 Å². The van der Waals surface area contributed by atoms with Gasteiger partial charge in [-0.2, -0.15) is 0 Å². The number of esters is 1. The van der Waals surface area contributed by atoms with Gasteiger partial charge in [-0.05, 0) is 44.6 Å². The van der Waals surface area contributed by atoms with Crippen molar-refractivity contribution < 1.29 is 24.2 Å². The molecule has 0 aliphatic rings. The molecule has 1 unspecified atom stereocenters. The molecule has 0 saturated heterocycles. The Labute approximate surface area is 277 Å². The van der Waals surface area contributed by atoms with Crippen LogP contribution in [0.4, 0.5) is 0 Å². The average Bonchev–Trinajstić information content (AvgIpc) is 3.02. The first kappa shape index (κ1) is 42.9. The predicted molar refractivity (Wildman–Crippen MR) is 189 cm³/mol. The first-order chi connectivity index (χ1) is 22.0. The minimum atomic E-state index is -1.03. The summed E-state index contributed by atoms with van der Waals surface area (Å²) < 4.78 is 5.85. The van der Waals surface area contributed by atoms with E-state index in [-0.39, 0.29) is 24.5 Å². The van der Waals surface area contributed by atoms with Crippen LogP contribution in [-0.4, -0.2) is 35.6 Å². The second-order valence-corrected chi connectivity index (χ2v) is 12.8. The van der Waals surface area contributed by atoms with Gasteiger partial charge in [0.1, 0.15) is 12.6 Å². The third-order valence-electron chi connectivity index (χ3n) is 8.36. The number of nitrogens with one attached hydrogen (secondary N) is 1. The normalized spacial score (nSPS) is 12.2. The fourth-order valence-electron chi connectivity index (χ4n) is 5.51. The molecule has 0 aromatic rings. The standard InChI is InChI=1S/C39H71NO5/c1-3-5-7-9-11-12-13-14-15-16-17-18-19-20-22-24-30-34-39(44)45-36(31-27-23-21-10-8-6-4-2)32-28-25-26-29-33-37(41)40-35-38(42)43/h10,21,27,31,36H,3-9,11-20,22-26,28-30,32-35H2,1-2H3,(H,40,41)(H,42,43)/b21-10-,31-27-. The summed E-state index contributed by atoms with van der Waals surface area (Å²) in [5, 5.41) is 11.0. The van der Waals surface area contributed by atoms with Crippen molar-refractivity contribution in [2.24, 2.45) is 0 Å². The molecule has 0 heterocycles. The number of amides is 1. The third-order valence-corrected chi connectivity index (χ3v) is 8.36. The molecule has 262 valence electrons. The zero-order valence-corrected chi connectivity index (χ0v) is 29.5. The second kappa shape index (κ2) is 34.8. The first-order valence-electron chi connectivity index (χ1n) is 19.0. The summed E-state index contributed by atoms with van der Waals surface area (Å²) in [4.78, 5) is 34.8. The van der Waals surface area contributed by atoms with Crippen molar-refractivity contribution in [3.8, 4) is 0 Å².